The van der Waals surface area contributed by atoms with E-state index in [1.807, 2.05) is 53.4 Å². The van der Waals surface area contributed by atoms with Crippen molar-refractivity contribution in [1.82, 2.24) is 4.90 Å². The molecule has 0 saturated heterocycles. The average molecular weight is 359 g/mol. The lowest BCUT2D eigenvalue weighted by molar-refractivity contribution is -0.134. The van der Waals surface area contributed by atoms with Crippen molar-refractivity contribution in [3.63, 3.8) is 0 Å². The molecule has 1 amide bonds. The third kappa shape index (κ3) is 3.97. The van der Waals surface area contributed by atoms with E-state index >= 15 is 0 Å². The standard InChI is InChI=1S/C24H25NO2/c1-18(23-13-8-16-27-23)25(21-14-15-21)24(26)17-22(19-9-4-2-5-10-19)20-11-6-3-7-12-20/h2-13,16,18,21-22H,14-15,17H2,1H3. The molecule has 1 heterocycles. The molecule has 0 radical (unpaired) electrons. The first-order valence-corrected chi connectivity index (χ1v) is 9.68. The first-order valence-electron chi connectivity index (χ1n) is 9.68. The van der Waals surface area contributed by atoms with Crippen LogP contribution in [-0.4, -0.2) is 16.8 Å². The van der Waals surface area contributed by atoms with Gasteiger partial charge in [-0.05, 0) is 43.0 Å². The largest absolute Gasteiger partial charge is 0.467 e. The van der Waals surface area contributed by atoms with E-state index in [0.29, 0.717) is 12.5 Å². The van der Waals surface area contributed by atoms with Gasteiger partial charge in [-0.2, -0.15) is 0 Å². The Hall–Kier alpha value is -2.81. The van der Waals surface area contributed by atoms with Gasteiger partial charge in [0.15, 0.2) is 0 Å². The van der Waals surface area contributed by atoms with Crippen molar-refractivity contribution in [1.29, 1.82) is 0 Å². The van der Waals surface area contributed by atoms with Gasteiger partial charge in [-0.25, -0.2) is 0 Å². The Labute approximate surface area is 160 Å². The Morgan fingerprint density at radius 3 is 2.04 bits per heavy atom. The predicted molar refractivity (Wildman–Crippen MR) is 106 cm³/mol. The van der Waals surface area contributed by atoms with E-state index in [-0.39, 0.29) is 17.9 Å². The summed E-state index contributed by atoms with van der Waals surface area (Å²) in [5, 5.41) is 0. The van der Waals surface area contributed by atoms with Crippen LogP contribution in [0.15, 0.2) is 83.5 Å². The summed E-state index contributed by atoms with van der Waals surface area (Å²) >= 11 is 0. The summed E-state index contributed by atoms with van der Waals surface area (Å²) in [5.41, 5.74) is 2.36. The number of carbonyl (C=O) groups excluding carboxylic acids is 1. The summed E-state index contributed by atoms with van der Waals surface area (Å²) < 4.78 is 5.58. The lowest BCUT2D eigenvalue weighted by Gasteiger charge is -2.30. The molecule has 3 heteroatoms. The third-order valence-corrected chi connectivity index (χ3v) is 5.38. The fourth-order valence-electron chi connectivity index (χ4n) is 3.83. The number of benzene rings is 2. The SMILES string of the molecule is CC(c1ccco1)N(C(=O)CC(c1ccccc1)c1ccccc1)C1CC1. The highest BCUT2D eigenvalue weighted by Crippen LogP contribution is 2.37. The molecule has 1 aliphatic carbocycles. The molecule has 4 rings (SSSR count). The Morgan fingerprint density at radius 2 is 1.56 bits per heavy atom. The number of carbonyl (C=O) groups is 1. The van der Waals surface area contributed by atoms with Crippen molar-refractivity contribution < 1.29 is 9.21 Å². The summed E-state index contributed by atoms with van der Waals surface area (Å²) in [4.78, 5) is 15.4. The van der Waals surface area contributed by atoms with Gasteiger partial charge in [-0.1, -0.05) is 60.7 Å². The number of hydrogen-bond acceptors (Lipinski definition) is 2. The van der Waals surface area contributed by atoms with Crippen LogP contribution in [0.2, 0.25) is 0 Å². The van der Waals surface area contributed by atoms with Crippen molar-refractivity contribution in [2.24, 2.45) is 0 Å². The van der Waals surface area contributed by atoms with Crippen LogP contribution in [0, 0.1) is 0 Å². The maximum atomic E-state index is 13.4. The minimum Gasteiger partial charge on any atom is -0.467 e. The van der Waals surface area contributed by atoms with Crippen LogP contribution >= 0.6 is 0 Å². The van der Waals surface area contributed by atoms with E-state index < -0.39 is 0 Å². The van der Waals surface area contributed by atoms with Gasteiger partial charge < -0.3 is 9.32 Å². The minimum absolute atomic E-state index is 0.0350. The normalized spacial score (nSPS) is 14.9. The van der Waals surface area contributed by atoms with Crippen molar-refractivity contribution >= 4 is 5.91 Å². The zero-order chi connectivity index (χ0) is 18.6. The smallest absolute Gasteiger partial charge is 0.224 e. The Morgan fingerprint density at radius 1 is 0.963 bits per heavy atom. The monoisotopic (exact) mass is 359 g/mol. The van der Waals surface area contributed by atoms with Crippen LogP contribution in [0.25, 0.3) is 0 Å². The zero-order valence-corrected chi connectivity index (χ0v) is 15.6. The van der Waals surface area contributed by atoms with Gasteiger partial charge in [0.2, 0.25) is 5.91 Å². The van der Waals surface area contributed by atoms with Gasteiger partial charge in [-0.15, -0.1) is 0 Å². The molecule has 1 saturated carbocycles. The molecule has 0 aliphatic heterocycles. The summed E-state index contributed by atoms with van der Waals surface area (Å²) in [5.74, 6) is 1.11. The zero-order valence-electron chi connectivity index (χ0n) is 15.6. The van der Waals surface area contributed by atoms with Gasteiger partial charge >= 0.3 is 0 Å². The number of furan rings is 1. The lowest BCUT2D eigenvalue weighted by Crippen LogP contribution is -2.36. The van der Waals surface area contributed by atoms with Crippen LogP contribution in [0.1, 0.15) is 55.0 Å². The second-order valence-electron chi connectivity index (χ2n) is 7.30. The second kappa shape index (κ2) is 7.83. The molecule has 1 aliphatic rings. The van der Waals surface area contributed by atoms with Crippen LogP contribution < -0.4 is 0 Å². The highest BCUT2D eigenvalue weighted by Gasteiger charge is 2.38. The van der Waals surface area contributed by atoms with E-state index in [9.17, 15) is 4.79 Å². The lowest BCUT2D eigenvalue weighted by atomic mass is 9.88. The second-order valence-corrected chi connectivity index (χ2v) is 7.30. The fraction of sp³-hybridized carbons (Fsp3) is 0.292. The molecule has 138 valence electrons. The van der Waals surface area contributed by atoms with E-state index in [4.69, 9.17) is 4.42 Å². The third-order valence-electron chi connectivity index (χ3n) is 5.38. The van der Waals surface area contributed by atoms with Gasteiger partial charge in [0.25, 0.3) is 0 Å². The molecule has 27 heavy (non-hydrogen) atoms. The van der Waals surface area contributed by atoms with Crippen LogP contribution in [-0.2, 0) is 4.79 Å². The Balaban J connectivity index is 1.61. The molecule has 2 aromatic carbocycles. The van der Waals surface area contributed by atoms with Gasteiger partial charge in [0, 0.05) is 18.4 Å². The maximum Gasteiger partial charge on any atom is 0.224 e. The molecule has 1 aromatic heterocycles. The Bertz CT molecular complexity index is 814. The minimum atomic E-state index is -0.0350. The highest BCUT2D eigenvalue weighted by atomic mass is 16.3. The van der Waals surface area contributed by atoms with Crippen molar-refractivity contribution in [2.45, 2.75) is 44.2 Å². The van der Waals surface area contributed by atoms with Gasteiger partial charge in [-0.3, -0.25) is 4.79 Å². The van der Waals surface area contributed by atoms with Crippen LogP contribution in [0.4, 0.5) is 0 Å². The van der Waals surface area contributed by atoms with E-state index in [2.05, 4.69) is 31.2 Å². The quantitative estimate of drug-likeness (QED) is 0.554. The predicted octanol–water partition coefficient (Wildman–Crippen LogP) is 5.55. The van der Waals surface area contributed by atoms with E-state index in [1.54, 1.807) is 6.26 Å². The molecule has 0 spiro atoms. The van der Waals surface area contributed by atoms with Crippen molar-refractivity contribution in [2.75, 3.05) is 0 Å². The van der Waals surface area contributed by atoms with Gasteiger partial charge in [0.1, 0.15) is 5.76 Å². The first kappa shape index (κ1) is 17.6. The fourth-order valence-corrected chi connectivity index (χ4v) is 3.83. The van der Waals surface area contributed by atoms with E-state index in [1.165, 1.54) is 11.1 Å². The molecular weight excluding hydrogens is 334 g/mol. The number of nitrogens with zero attached hydrogens (tertiary/aromatic N) is 1. The summed E-state index contributed by atoms with van der Waals surface area (Å²) in [7, 11) is 0. The molecular formula is C24H25NO2. The molecule has 0 N–H and O–H groups in total. The molecule has 1 unspecified atom stereocenters. The first-order chi connectivity index (χ1) is 13.2. The topological polar surface area (TPSA) is 33.5 Å². The molecule has 0 bridgehead atoms. The molecule has 1 atom stereocenters. The maximum absolute atomic E-state index is 13.4. The average Bonchev–Trinajstić information content (AvgIpc) is 3.38. The van der Waals surface area contributed by atoms with E-state index in [0.717, 1.165) is 18.6 Å². The highest BCUT2D eigenvalue weighted by molar-refractivity contribution is 5.79. The van der Waals surface area contributed by atoms with Crippen molar-refractivity contribution in [3.05, 3.63) is 95.9 Å². The number of rotatable bonds is 7. The summed E-state index contributed by atoms with van der Waals surface area (Å²) in [6, 6.07) is 24.8. The van der Waals surface area contributed by atoms with Crippen LogP contribution in [0.3, 0.4) is 0 Å². The summed E-state index contributed by atoms with van der Waals surface area (Å²) in [6.07, 6.45) is 4.31. The molecule has 1 fully saturated rings. The Kier molecular flexibility index (Phi) is 5.10. The van der Waals surface area contributed by atoms with Crippen LogP contribution in [0.5, 0.6) is 0 Å². The summed E-state index contributed by atoms with van der Waals surface area (Å²) in [6.45, 7) is 2.06. The van der Waals surface area contributed by atoms with Gasteiger partial charge in [0.05, 0.1) is 12.3 Å². The van der Waals surface area contributed by atoms with Crippen molar-refractivity contribution in [3.8, 4) is 0 Å². The number of hydrogen-bond donors (Lipinski definition) is 0. The molecule has 3 aromatic rings. The number of amides is 1. The molecule has 3 nitrogen and oxygen atoms in total.